The van der Waals surface area contributed by atoms with Crippen LogP contribution in [-0.2, 0) is 26.0 Å². The number of amides is 1. The number of nitrogens with one attached hydrogen (secondary N) is 1. The Bertz CT molecular complexity index is 1430. The second-order valence-corrected chi connectivity index (χ2v) is 10.4. The average molecular weight is 515 g/mol. The number of nitrogen functional groups attached to an aromatic ring is 1. The van der Waals surface area contributed by atoms with Crippen molar-refractivity contribution in [3.8, 4) is 5.75 Å². The Morgan fingerprint density at radius 1 is 1.28 bits per heavy atom. The lowest BCUT2D eigenvalue weighted by Gasteiger charge is -2.25. The predicted octanol–water partition coefficient (Wildman–Crippen LogP) is 0.559. The molecule has 0 saturated carbocycles. The molecule has 5 N–H and O–H groups in total. The molecule has 12 nitrogen and oxygen atoms in total. The minimum absolute atomic E-state index is 0.0337. The number of nitrogens with two attached hydrogens (primary N) is 1. The maximum absolute atomic E-state index is 13.1. The molecule has 1 aliphatic heterocycles. The van der Waals surface area contributed by atoms with Crippen LogP contribution >= 0.6 is 0 Å². The molecule has 2 atom stereocenters. The molecule has 190 valence electrons. The summed E-state index contributed by atoms with van der Waals surface area (Å²) in [5.41, 5.74) is 6.15. The number of rotatable bonds is 8. The molecule has 3 aromatic rings. The fourth-order valence-electron chi connectivity index (χ4n) is 4.15. The van der Waals surface area contributed by atoms with Gasteiger partial charge in [0.05, 0.1) is 0 Å². The quantitative estimate of drug-likeness (QED) is 0.332. The van der Waals surface area contributed by atoms with Crippen LogP contribution in [0, 0.1) is 0 Å². The van der Waals surface area contributed by atoms with Crippen molar-refractivity contribution in [1.29, 1.82) is 0 Å². The van der Waals surface area contributed by atoms with Gasteiger partial charge in [-0.25, -0.2) is 23.2 Å². The summed E-state index contributed by atoms with van der Waals surface area (Å²) in [6.45, 7) is 0.0337. The molecule has 1 saturated heterocycles. The molecule has 0 aliphatic carbocycles. The van der Waals surface area contributed by atoms with Crippen LogP contribution in [0.15, 0.2) is 47.6 Å². The molecule has 36 heavy (non-hydrogen) atoms. The number of hydrogen-bond donors (Lipinski definition) is 4. The smallest absolute Gasteiger partial charge is 0.326 e. The van der Waals surface area contributed by atoms with Gasteiger partial charge in [-0.1, -0.05) is 0 Å². The summed E-state index contributed by atoms with van der Waals surface area (Å²) in [5, 5.41) is 21.5. The standard InChI is InChI=1S/C23H26N6O6S/c1-28(2)20-4-3-15(12-26-20)36(34,35)27-17-6-8-29(22(17)31)18(23(32)33)10-14-9-13-5-7-25-21(24)16(13)11-19(14)30/h3-5,7,9,11-12,17-18,27,30H,6,8,10H2,1-2H3,(H2,24,25)(H,32,33)/t17-,18+/m0/s1. The van der Waals surface area contributed by atoms with Crippen molar-refractivity contribution in [2.75, 3.05) is 31.3 Å². The maximum Gasteiger partial charge on any atom is 0.326 e. The van der Waals surface area contributed by atoms with Crippen LogP contribution in [0.3, 0.4) is 0 Å². The highest BCUT2D eigenvalue weighted by molar-refractivity contribution is 7.89. The normalized spacial score (nSPS) is 16.9. The first-order valence-corrected chi connectivity index (χ1v) is 12.5. The van der Waals surface area contributed by atoms with Gasteiger partial charge < -0.3 is 25.7 Å². The summed E-state index contributed by atoms with van der Waals surface area (Å²) < 4.78 is 28.0. The van der Waals surface area contributed by atoms with Gasteiger partial charge in [0.1, 0.15) is 34.4 Å². The van der Waals surface area contributed by atoms with Gasteiger partial charge in [0.15, 0.2) is 0 Å². The maximum atomic E-state index is 13.1. The summed E-state index contributed by atoms with van der Waals surface area (Å²) in [5.74, 6) is -1.31. The zero-order valence-electron chi connectivity index (χ0n) is 19.6. The number of aliphatic carboxylic acids is 1. The zero-order valence-corrected chi connectivity index (χ0v) is 20.4. The summed E-state index contributed by atoms with van der Waals surface area (Å²) in [6.07, 6.45) is 2.61. The number of carbonyl (C=O) groups is 2. The summed E-state index contributed by atoms with van der Waals surface area (Å²) in [7, 11) is -0.531. The third kappa shape index (κ3) is 4.88. The first-order chi connectivity index (χ1) is 17.0. The monoisotopic (exact) mass is 514 g/mol. The highest BCUT2D eigenvalue weighted by Gasteiger charge is 2.41. The molecule has 0 unspecified atom stereocenters. The number of nitrogens with zero attached hydrogens (tertiary/aromatic N) is 4. The molecule has 4 rings (SSSR count). The Labute approximate surface area is 207 Å². The number of phenols is 1. The first kappa shape index (κ1) is 25.1. The molecule has 0 radical (unpaired) electrons. The van der Waals surface area contributed by atoms with E-state index in [2.05, 4.69) is 14.7 Å². The van der Waals surface area contributed by atoms with E-state index in [1.165, 1.54) is 30.6 Å². The number of aromatic hydroxyl groups is 1. The van der Waals surface area contributed by atoms with Crippen LogP contribution in [0.5, 0.6) is 5.75 Å². The van der Waals surface area contributed by atoms with E-state index in [0.717, 1.165) is 4.90 Å². The molecule has 1 aromatic carbocycles. The van der Waals surface area contributed by atoms with Crippen LogP contribution in [0.4, 0.5) is 11.6 Å². The second-order valence-electron chi connectivity index (χ2n) is 8.70. The first-order valence-electron chi connectivity index (χ1n) is 11.0. The molecule has 13 heteroatoms. The van der Waals surface area contributed by atoms with Crippen molar-refractivity contribution >= 4 is 44.3 Å². The Kier molecular flexibility index (Phi) is 6.69. The number of fused-ring (bicyclic) bond motifs is 1. The van der Waals surface area contributed by atoms with Crippen molar-refractivity contribution in [2.45, 2.75) is 29.8 Å². The number of pyridine rings is 2. The van der Waals surface area contributed by atoms with Crippen molar-refractivity contribution in [3.63, 3.8) is 0 Å². The number of carboxylic acids is 1. The van der Waals surface area contributed by atoms with E-state index in [1.807, 2.05) is 0 Å². The topological polar surface area (TPSA) is 179 Å². The fraction of sp³-hybridized carbons (Fsp3) is 0.304. The lowest BCUT2D eigenvalue weighted by Crippen LogP contribution is -2.48. The molecule has 1 amide bonds. The van der Waals surface area contributed by atoms with Crippen LogP contribution in [-0.4, -0.2) is 78.1 Å². The molecule has 0 bridgehead atoms. The van der Waals surface area contributed by atoms with Crippen molar-refractivity contribution in [1.82, 2.24) is 19.6 Å². The third-order valence-corrected chi connectivity index (χ3v) is 7.55. The number of carboxylic acid groups (broad SMARTS) is 1. The predicted molar refractivity (Wildman–Crippen MR) is 132 cm³/mol. The van der Waals surface area contributed by atoms with E-state index < -0.39 is 34.0 Å². The number of aromatic nitrogens is 2. The fourth-order valence-corrected chi connectivity index (χ4v) is 5.32. The minimum atomic E-state index is -4.07. The molecule has 2 aromatic heterocycles. The molecular formula is C23H26N6O6S. The number of hydrogen-bond acceptors (Lipinski definition) is 9. The summed E-state index contributed by atoms with van der Waals surface area (Å²) >= 11 is 0. The largest absolute Gasteiger partial charge is 0.508 e. The van der Waals surface area contributed by atoms with Crippen LogP contribution in [0.2, 0.25) is 0 Å². The average Bonchev–Trinajstić information content (AvgIpc) is 3.17. The van der Waals surface area contributed by atoms with Gasteiger partial charge in [0.25, 0.3) is 0 Å². The number of carbonyl (C=O) groups excluding carboxylic acids is 1. The van der Waals surface area contributed by atoms with Crippen LogP contribution in [0.1, 0.15) is 12.0 Å². The summed E-state index contributed by atoms with van der Waals surface area (Å²) in [4.78, 5) is 36.0. The molecular weight excluding hydrogens is 488 g/mol. The Morgan fingerprint density at radius 3 is 2.67 bits per heavy atom. The lowest BCUT2D eigenvalue weighted by atomic mass is 10.00. The SMILES string of the molecule is CN(C)c1ccc(S(=O)(=O)N[C@H]2CCN([C@H](Cc3cc4ccnc(N)c4cc3O)C(=O)O)C2=O)cn1. The van der Waals surface area contributed by atoms with E-state index in [0.29, 0.717) is 22.2 Å². The highest BCUT2D eigenvalue weighted by Crippen LogP contribution is 2.30. The molecule has 1 fully saturated rings. The Morgan fingerprint density at radius 2 is 2.03 bits per heavy atom. The van der Waals surface area contributed by atoms with Crippen molar-refractivity contribution in [2.24, 2.45) is 0 Å². The molecule has 0 spiro atoms. The van der Waals surface area contributed by atoms with E-state index >= 15 is 0 Å². The van der Waals surface area contributed by atoms with Crippen molar-refractivity contribution < 1.29 is 28.2 Å². The summed E-state index contributed by atoms with van der Waals surface area (Å²) in [6, 6.07) is 5.17. The van der Waals surface area contributed by atoms with Gasteiger partial charge in [0.2, 0.25) is 15.9 Å². The second kappa shape index (κ2) is 9.59. The van der Waals surface area contributed by atoms with Gasteiger partial charge in [0, 0.05) is 44.8 Å². The van der Waals surface area contributed by atoms with Gasteiger partial charge in [-0.15, -0.1) is 0 Å². The zero-order chi connectivity index (χ0) is 26.2. The van der Waals surface area contributed by atoms with Gasteiger partial charge in [-0.2, -0.15) is 4.72 Å². The highest BCUT2D eigenvalue weighted by atomic mass is 32.2. The Balaban J connectivity index is 1.53. The molecule has 3 heterocycles. The number of benzene rings is 1. The van der Waals surface area contributed by atoms with Crippen LogP contribution < -0.4 is 15.4 Å². The van der Waals surface area contributed by atoms with E-state index in [9.17, 15) is 28.2 Å². The number of likely N-dealkylation sites (tertiary alicyclic amines) is 1. The van der Waals surface area contributed by atoms with Gasteiger partial charge in [-0.3, -0.25) is 4.79 Å². The van der Waals surface area contributed by atoms with E-state index in [1.54, 1.807) is 31.1 Å². The van der Waals surface area contributed by atoms with Crippen molar-refractivity contribution in [3.05, 3.63) is 48.3 Å². The molecule has 1 aliphatic rings. The number of phenolic OH excluding ortho intramolecular Hbond substituents is 1. The van der Waals surface area contributed by atoms with Crippen LogP contribution in [0.25, 0.3) is 10.8 Å². The van der Waals surface area contributed by atoms with E-state index in [-0.39, 0.29) is 35.8 Å². The third-order valence-electron chi connectivity index (χ3n) is 6.10. The van der Waals surface area contributed by atoms with Gasteiger partial charge in [-0.05, 0) is 47.7 Å². The lowest BCUT2D eigenvalue weighted by molar-refractivity contribution is -0.148. The van der Waals surface area contributed by atoms with Gasteiger partial charge >= 0.3 is 5.97 Å². The minimum Gasteiger partial charge on any atom is -0.508 e. The number of anilines is 2. The van der Waals surface area contributed by atoms with E-state index in [4.69, 9.17) is 5.73 Å². The Hall–Kier alpha value is -3.97. The number of sulfonamides is 1.